The zero-order valence-corrected chi connectivity index (χ0v) is 73.4. The summed E-state index contributed by atoms with van der Waals surface area (Å²) < 4.78 is 45.7. The first kappa shape index (κ1) is 93.8. The van der Waals surface area contributed by atoms with E-state index in [0.29, 0.717) is 27.6 Å². The predicted molar refractivity (Wildman–Crippen MR) is 472 cm³/mol. The van der Waals surface area contributed by atoms with E-state index in [9.17, 15) is 70.7 Å². The number of aromatic hydroxyl groups is 4. The Labute approximate surface area is 773 Å². The van der Waals surface area contributed by atoms with Crippen LogP contribution in [-0.4, -0.2) is 211 Å². The van der Waals surface area contributed by atoms with Gasteiger partial charge in [-0.3, -0.25) is 43.6 Å². The van der Waals surface area contributed by atoms with Crippen molar-refractivity contribution in [1.29, 1.82) is 0 Å². The number of ether oxygens (including phenoxy) is 6. The number of hydrogen-bond donors (Lipinski definition) is 20. The number of nitrogens with one attached hydrogen (secondary N) is 7. The van der Waals surface area contributed by atoms with Gasteiger partial charge in [0.05, 0.1) is 41.4 Å². The number of aliphatic hydroxyl groups excluding tert-OH is 5. The van der Waals surface area contributed by atoms with Gasteiger partial charge < -0.3 is 137 Å². The fourth-order valence-corrected chi connectivity index (χ4v) is 18.5. The van der Waals surface area contributed by atoms with Gasteiger partial charge in [0.2, 0.25) is 70.6 Å². The van der Waals surface area contributed by atoms with Crippen molar-refractivity contribution in [2.45, 2.75) is 163 Å². The minimum atomic E-state index is -2.42. The van der Waals surface area contributed by atoms with Crippen molar-refractivity contribution in [2.75, 3.05) is 23.9 Å². The second-order valence-corrected chi connectivity index (χ2v) is 35.1. The normalized spacial score (nSPS) is 25.9. The van der Waals surface area contributed by atoms with Crippen LogP contribution in [0.3, 0.4) is 0 Å². The van der Waals surface area contributed by atoms with Crippen LogP contribution in [0, 0.1) is 11.8 Å². The number of phenols is 4. The fraction of sp³-hybridized carbons (Fsp3) is 0.333. The molecule has 7 amide bonds. The smallest absolute Gasteiger partial charge is 0.330 e. The molecule has 8 aromatic rings. The summed E-state index contributed by atoms with van der Waals surface area (Å²) in [4.78, 5) is 153. The number of benzene rings is 8. The van der Waals surface area contributed by atoms with Crippen LogP contribution in [-0.2, 0) is 64.1 Å². The van der Waals surface area contributed by atoms with Crippen LogP contribution in [0.15, 0.2) is 143 Å². The quantitative estimate of drug-likeness (QED) is 0.0256. The SMILES string of the molecule is CC(C)CC(C(=O)N[C@H]1C(=O)N[C@@H](CC(N)=O)C(=O)NC2C(=O)NC3C(=O)NC(C(=O)N[C@H](C(=O)O)c4cc(O)cc(O)c4-c4cc3ccc4O)C(O)c3ccc(c(Cl)c3)Oc3cc2cc(c3OC2OC(CO)C(O)C(O)C2OC2C3CC(C)(N)C2C(C)O3)Oc2ccc(cc2Cl)C1O)N(C)c1nc(Cl)nc(Nc2ccc(-c3c4ccc(=O)cc-4oc4cc(O)ccc34)c(COO)c2)n1. The van der Waals surface area contributed by atoms with Crippen LogP contribution in [0.4, 0.5) is 17.6 Å². The van der Waals surface area contributed by atoms with Crippen molar-refractivity contribution in [3.05, 3.63) is 192 Å². The van der Waals surface area contributed by atoms with E-state index in [1.165, 1.54) is 48.3 Å². The molecule has 16 unspecified atom stereocenters. The first-order valence-electron chi connectivity index (χ1n) is 41.8. The molecule has 22 N–H and O–H groups in total. The molecule has 2 aliphatic carbocycles. The number of aliphatic hydroxyl groups is 5. The number of likely N-dealkylation sites (N-methyl/N-ethyl adjacent to an activating group) is 1. The van der Waals surface area contributed by atoms with Crippen molar-refractivity contribution in [2.24, 2.45) is 23.3 Å². The molecule has 134 heavy (non-hydrogen) atoms. The maximum atomic E-state index is 16.4. The number of aromatic nitrogens is 3. The summed E-state index contributed by atoms with van der Waals surface area (Å²) in [5.74, 6) is -18.0. The maximum Gasteiger partial charge on any atom is 0.330 e. The molecule has 41 nitrogen and oxygen atoms in total. The van der Waals surface area contributed by atoms with Crippen LogP contribution in [0.5, 0.6) is 51.7 Å². The molecule has 3 fully saturated rings. The molecule has 44 heteroatoms. The maximum absolute atomic E-state index is 16.4. The van der Waals surface area contributed by atoms with Crippen LogP contribution in [0.25, 0.3) is 44.5 Å². The van der Waals surface area contributed by atoms with Crippen LogP contribution in [0.2, 0.25) is 15.3 Å². The minimum Gasteiger partial charge on any atom is -0.508 e. The van der Waals surface area contributed by atoms with E-state index in [-0.39, 0.29) is 64.1 Å². The Kier molecular flexibility index (Phi) is 26.3. The number of primary amides is 1. The Morgan fingerprint density at radius 1 is 0.664 bits per heavy atom. The lowest BCUT2D eigenvalue weighted by Crippen LogP contribution is -2.62. The number of rotatable bonds is 19. The lowest BCUT2D eigenvalue weighted by molar-refractivity contribution is -0.297. The molecule has 1 saturated carbocycles. The fourth-order valence-electron chi connectivity index (χ4n) is 17.9. The molecule has 19 atom stereocenters. The number of halogens is 3. The van der Waals surface area contributed by atoms with E-state index in [1.54, 1.807) is 58.0 Å². The Morgan fingerprint density at radius 3 is 1.99 bits per heavy atom. The lowest BCUT2D eigenvalue weighted by Gasteiger charge is -2.43. The van der Waals surface area contributed by atoms with Gasteiger partial charge >= 0.3 is 5.97 Å². The van der Waals surface area contributed by atoms with Gasteiger partial charge in [0.1, 0.15) is 125 Å². The molecule has 2 saturated heterocycles. The number of carboxylic acid groups (broad SMARTS) is 1. The molecule has 8 aliphatic heterocycles. The van der Waals surface area contributed by atoms with Gasteiger partial charge in [-0.1, -0.05) is 61.3 Å². The van der Waals surface area contributed by atoms with Gasteiger partial charge in [0.25, 0.3) is 0 Å². The summed E-state index contributed by atoms with van der Waals surface area (Å²) in [6, 6.07) is 11.7. The molecule has 18 rings (SSSR count). The van der Waals surface area contributed by atoms with Gasteiger partial charge in [-0.05, 0) is 169 Å². The van der Waals surface area contributed by atoms with Crippen LogP contribution >= 0.6 is 34.8 Å². The number of nitrogens with zero attached hydrogens (tertiary/aromatic N) is 4. The van der Waals surface area contributed by atoms with E-state index in [2.05, 4.69) is 52.2 Å². The highest BCUT2D eigenvalue weighted by molar-refractivity contribution is 6.32. The number of fused-ring (bicyclic) bond motifs is 19. The third kappa shape index (κ3) is 18.7. The molecule has 7 aromatic carbocycles. The lowest BCUT2D eigenvalue weighted by atomic mass is 9.85. The largest absolute Gasteiger partial charge is 0.508 e. The zero-order valence-electron chi connectivity index (χ0n) is 71.1. The van der Waals surface area contributed by atoms with Crippen molar-refractivity contribution < 1.29 is 132 Å². The van der Waals surface area contributed by atoms with E-state index in [0.717, 1.165) is 66.7 Å². The number of carbonyl (C=O) groups is 8. The Bertz CT molecular complexity index is 6410. The molecule has 702 valence electrons. The minimum absolute atomic E-state index is 0.0956. The number of aliphatic carboxylic acids is 1. The second kappa shape index (κ2) is 37.6. The Morgan fingerprint density at radius 2 is 1.34 bits per heavy atom. The van der Waals surface area contributed by atoms with Gasteiger partial charge in [-0.25, -0.2) is 9.68 Å². The number of anilines is 3. The summed E-state index contributed by atoms with van der Waals surface area (Å²) in [6.07, 6.45) is -17.1. The molecule has 0 radical (unpaired) electrons. The molecule has 0 spiro atoms. The summed E-state index contributed by atoms with van der Waals surface area (Å²) in [6.45, 7) is 5.66. The monoisotopic (exact) mass is 1900 g/mol. The highest BCUT2D eigenvalue weighted by Gasteiger charge is 2.61. The summed E-state index contributed by atoms with van der Waals surface area (Å²) in [7, 11) is 1.40. The number of nitrogens with two attached hydrogens (primary N) is 2. The number of hydrogen-bond acceptors (Lipinski definition) is 33. The molecule has 9 heterocycles. The number of carbonyl (C=O) groups excluding carboxylic acids is 7. The van der Waals surface area contributed by atoms with Crippen molar-refractivity contribution in [1.82, 2.24) is 46.9 Å². The zero-order chi connectivity index (χ0) is 95.8. The Balaban J connectivity index is 0.815. The highest BCUT2D eigenvalue weighted by Crippen LogP contribution is 2.53. The molecular weight excluding hydrogens is 1820 g/mol. The first-order chi connectivity index (χ1) is 63.7. The van der Waals surface area contributed by atoms with Crippen molar-refractivity contribution >= 4 is 111 Å². The topological polar surface area (TPSA) is 632 Å². The molecular formula is C90H88Cl3N13O28. The highest BCUT2D eigenvalue weighted by atomic mass is 35.5. The molecule has 1 aromatic heterocycles. The van der Waals surface area contributed by atoms with Gasteiger partial charge in [-0.2, -0.15) is 15.0 Å². The van der Waals surface area contributed by atoms with Gasteiger partial charge in [0.15, 0.2) is 23.0 Å². The van der Waals surface area contributed by atoms with Gasteiger partial charge in [0, 0.05) is 75.6 Å². The predicted octanol–water partition coefficient (Wildman–Crippen LogP) is 5.86. The van der Waals surface area contributed by atoms with Crippen LogP contribution in [0.1, 0.15) is 111 Å². The van der Waals surface area contributed by atoms with E-state index in [1.807, 2.05) is 0 Å². The number of amides is 7. The Hall–Kier alpha value is -13.4. The number of carboxylic acids is 1. The van der Waals surface area contributed by atoms with E-state index >= 15 is 28.8 Å². The van der Waals surface area contributed by atoms with Crippen molar-refractivity contribution in [3.63, 3.8) is 0 Å². The first-order valence-corrected chi connectivity index (χ1v) is 43.0. The average molecular weight is 1910 g/mol. The summed E-state index contributed by atoms with van der Waals surface area (Å²) >= 11 is 21.1. The van der Waals surface area contributed by atoms with E-state index in [4.69, 9.17) is 84.0 Å². The average Bonchev–Trinajstić information content (AvgIpc) is 1.58. The summed E-state index contributed by atoms with van der Waals surface area (Å²) in [5, 5.41) is 143. The molecule has 13 bridgehead atoms. The van der Waals surface area contributed by atoms with Crippen molar-refractivity contribution in [3.8, 4) is 85.3 Å². The summed E-state index contributed by atoms with van der Waals surface area (Å²) in [5.41, 5.74) is 10.8. The third-order valence-electron chi connectivity index (χ3n) is 24.2. The second-order valence-electron chi connectivity index (χ2n) is 34.0. The third-order valence-corrected chi connectivity index (χ3v) is 25.0. The molecule has 10 aliphatic rings. The number of phenolic OH excluding ortho intramolecular Hbond substituents is 4. The standard InChI is InChI=1S/C90H88Cl3N13O28/c1-33(2)18-52(106(5)89-104-87(93)103-88(105-89)96-40-9-12-44(39(19-40)32-127-126)64-45-13-10-41(108)27-57(45)131-58-28-42(109)11-14-46(58)64)80(119)101-70-72(114)36-7-16-55(49(91)21-36)129-59-23-38-24-60(76(59)134-86-78(75(117)74(116)62(31-107)132-86)133-77-61-30-90(4,95)66(77)34(3)128-61)130-56-17-8-37(22-50(56)92)73(115)71-84(123)100-69(85(124)125)48-25-43(110)26-54(112)65(48)47-20-35(6-15-53(47)111)67(81(120)102-71)99-82(121)68(38)98-79(118)51(29-63(94)113)97-83(70)122/h6-17,19-28,33-34,51-52,61-62,66-75,77-78,86,107-108,110-112,114-117,126H,18,29-32,95H2,1-5H3,(H2,94,113)(H,97,122)(H,98,118)(H,99,121)(H,100,123)(H,101,119)(H,102,120)(H,124,125)(H,96,103,104,105)/t34?,51-,52?,61?,62?,66?,67?,68?,69-,70+,71?,72?,73?,74?,75?,77?,78?,86?,90?/m0/s1. The van der Waals surface area contributed by atoms with Crippen LogP contribution < -0.4 is 73.2 Å². The van der Waals surface area contributed by atoms with E-state index < -0.39 is 277 Å². The van der Waals surface area contributed by atoms with Gasteiger partial charge in [-0.15, -0.1) is 0 Å².